The molecule has 2 aliphatic carbocycles. The monoisotopic (exact) mass is 1420 g/mol. The highest BCUT2D eigenvalue weighted by Gasteiger charge is 2.68. The van der Waals surface area contributed by atoms with Crippen LogP contribution in [0.1, 0.15) is 123 Å². The topological polar surface area (TPSA) is 247 Å². The number of alkyl halides is 8. The van der Waals surface area contributed by atoms with Crippen LogP contribution in [-0.4, -0.2) is 102 Å². The van der Waals surface area contributed by atoms with Gasteiger partial charge in [0.25, 0.3) is 5.92 Å². The lowest BCUT2D eigenvalue weighted by Crippen LogP contribution is -2.35. The third-order valence-corrected chi connectivity index (χ3v) is 22.0. The SMILES string of the molecule is CCOP(=O)(OCC)Oc1cc(CP(=O)(OC)OC)cc(C)c1C(C)(C)CC(=O)N(Cc1nn(CC(F)(F)F)c2c(-c3ccc(C#CC(C)(C)S(C)(=O)=O)nc3[C@H](Cc3cc(F)cc(F)c3)NC(=O)Cn3nc(C(F)(F)F)c4c3C(F)(F)[C@@H]3C[C@H]43)ccc(Cl)c12)[SH](=O)=O. The molecule has 0 radical (unpaired) electrons. The van der Waals surface area contributed by atoms with Gasteiger partial charge in [-0.25, -0.2) is 39.5 Å². The summed E-state index contributed by atoms with van der Waals surface area (Å²) in [6, 6.07) is 7.75. The highest BCUT2D eigenvalue weighted by atomic mass is 35.5. The summed E-state index contributed by atoms with van der Waals surface area (Å²) in [7, 11) is -13.9. The Morgan fingerprint density at radius 3 is 2.10 bits per heavy atom. The van der Waals surface area contributed by atoms with E-state index in [1.165, 1.54) is 59.7 Å². The Hall–Kier alpha value is -6.42. The first kappa shape index (κ1) is 72.4. The minimum absolute atomic E-state index is 0.133. The van der Waals surface area contributed by atoms with E-state index >= 15 is 17.6 Å². The van der Waals surface area contributed by atoms with Gasteiger partial charge >= 0.3 is 27.8 Å². The number of halogens is 11. The molecule has 8 rings (SSSR count). The van der Waals surface area contributed by atoms with Crippen LogP contribution in [0.5, 0.6) is 5.75 Å². The summed E-state index contributed by atoms with van der Waals surface area (Å²) in [6.07, 6.45) is -11.6. The van der Waals surface area contributed by atoms with E-state index in [1.807, 2.05) is 0 Å². The van der Waals surface area contributed by atoms with Crippen molar-refractivity contribution < 1.29 is 102 Å². The van der Waals surface area contributed by atoms with E-state index in [0.29, 0.717) is 16.3 Å². The Morgan fingerprint density at radius 2 is 1.53 bits per heavy atom. The number of hydrogen-bond acceptors (Lipinski definition) is 16. The third-order valence-electron chi connectivity index (χ3n) is 15.5. The number of phosphoric ester groups is 1. The van der Waals surface area contributed by atoms with E-state index in [4.69, 9.17) is 34.2 Å². The molecular weight excluding hydrogens is 1350 g/mol. The Morgan fingerprint density at radius 1 is 0.903 bits per heavy atom. The molecule has 0 saturated heterocycles. The van der Waals surface area contributed by atoms with Crippen LogP contribution in [0.3, 0.4) is 0 Å². The van der Waals surface area contributed by atoms with Crippen LogP contribution in [0.15, 0.2) is 54.6 Å². The van der Waals surface area contributed by atoms with E-state index < -0.39 is 178 Å². The summed E-state index contributed by atoms with van der Waals surface area (Å²) < 4.78 is 255. The van der Waals surface area contributed by atoms with Gasteiger partial charge in [-0.05, 0) is 112 Å². The number of carbonyl (C=O) groups is 2. The molecular formula is C58H62ClF10N7O13P2S2. The first-order valence-corrected chi connectivity index (χ1v) is 34.8. The van der Waals surface area contributed by atoms with Gasteiger partial charge in [-0.15, -0.1) is 0 Å². The molecule has 0 aliphatic heterocycles. The standard InChI is InChI=1S/C58H62ClF10N7O13P2S2/c1-11-87-91(80,88-12-2)89-44-23-33(29-90(79,85-8)86-9)19-31(3)49(44)54(4,5)26-46(78)76(92(81)82)27-43-48-41(59)16-15-38(51(48)75(72-43)30-56(62,63)64)37-14-13-36(17-18-55(6,7)93(10,83)84)70-50(37)42(22-32-20-34(60)24-35(61)21-32)71-45(77)28-74-53-47(52(73-74)58(67,68)69)39-25-40(39)57(53,65)66/h13-16,19-21,23-24,39-40,42,92H,11-12,22,25-30H2,1-10H3,(H,71,77)/t39-,40+,42-/m0/s1. The smallest absolute Gasteiger partial charge is 0.404 e. The summed E-state index contributed by atoms with van der Waals surface area (Å²) in [4.78, 5) is 33.7. The van der Waals surface area contributed by atoms with Crippen LogP contribution in [0.25, 0.3) is 22.0 Å². The fourth-order valence-corrected chi connectivity index (χ4v) is 14.4. The van der Waals surface area contributed by atoms with Crippen LogP contribution in [0, 0.1) is 36.3 Å². The molecule has 6 aromatic rings. The highest BCUT2D eigenvalue weighted by molar-refractivity contribution is 7.92. The van der Waals surface area contributed by atoms with Gasteiger partial charge in [0.2, 0.25) is 22.7 Å². The molecule has 1 fully saturated rings. The number of amides is 2. The maximum absolute atomic E-state index is 15.8. The second kappa shape index (κ2) is 26.6. The zero-order valence-electron chi connectivity index (χ0n) is 51.2. The van der Waals surface area contributed by atoms with E-state index in [1.54, 1.807) is 6.92 Å². The summed E-state index contributed by atoms with van der Waals surface area (Å²) in [5, 5.41) is 9.26. The molecule has 20 nitrogen and oxygen atoms in total. The molecule has 506 valence electrons. The average Bonchev–Trinajstić information content (AvgIpc) is 1.52. The maximum Gasteiger partial charge on any atom is 0.530 e. The zero-order valence-corrected chi connectivity index (χ0v) is 55.4. The Balaban J connectivity index is 1.28. The van der Waals surface area contributed by atoms with Crippen molar-refractivity contribution in [2.75, 3.05) is 33.7 Å². The number of hydrogen-bond donors (Lipinski definition) is 2. The fourth-order valence-electron chi connectivity index (χ4n) is 11.2. The normalized spacial score (nSPS) is 16.2. The van der Waals surface area contributed by atoms with Gasteiger partial charge in [0, 0.05) is 71.9 Å². The van der Waals surface area contributed by atoms with Crippen molar-refractivity contribution in [3.8, 4) is 28.7 Å². The molecule has 0 spiro atoms. The van der Waals surface area contributed by atoms with Crippen molar-refractivity contribution in [3.05, 3.63) is 128 Å². The van der Waals surface area contributed by atoms with E-state index in [2.05, 4.69) is 32.3 Å². The fraction of sp³-hybridized carbons (Fsp3) is 0.466. The van der Waals surface area contributed by atoms with Crippen molar-refractivity contribution >= 4 is 70.5 Å². The molecule has 1 N–H and O–H groups in total. The predicted molar refractivity (Wildman–Crippen MR) is 319 cm³/mol. The number of phosphoric acid groups is 1. The Labute approximate surface area is 534 Å². The number of nitrogens with one attached hydrogen (secondary N) is 1. The number of fused-ring (bicyclic) bond motifs is 4. The molecule has 0 unspecified atom stereocenters. The van der Waals surface area contributed by atoms with Gasteiger partial charge in [-0.3, -0.25) is 32.6 Å². The van der Waals surface area contributed by atoms with Crippen LogP contribution in [0.4, 0.5) is 43.9 Å². The van der Waals surface area contributed by atoms with Gasteiger partial charge < -0.3 is 18.9 Å². The molecule has 2 aliphatic rings. The van der Waals surface area contributed by atoms with Crippen LogP contribution in [0.2, 0.25) is 5.02 Å². The van der Waals surface area contributed by atoms with Crippen molar-refractivity contribution in [1.82, 2.24) is 34.2 Å². The van der Waals surface area contributed by atoms with Crippen LogP contribution >= 0.6 is 27.0 Å². The maximum atomic E-state index is 15.8. The number of rotatable bonds is 25. The molecule has 3 aromatic heterocycles. The lowest BCUT2D eigenvalue weighted by Gasteiger charge is -2.31. The lowest BCUT2D eigenvalue weighted by molar-refractivity contribution is -0.143. The summed E-state index contributed by atoms with van der Waals surface area (Å²) in [5.74, 6) is -6.55. The number of aromatic nitrogens is 5. The lowest BCUT2D eigenvalue weighted by atomic mass is 9.78. The van der Waals surface area contributed by atoms with Gasteiger partial charge in [0.05, 0.1) is 53.9 Å². The number of nitrogens with zero attached hydrogens (tertiary/aromatic N) is 6. The van der Waals surface area contributed by atoms with E-state index in [-0.39, 0.29) is 79.1 Å². The van der Waals surface area contributed by atoms with Crippen molar-refractivity contribution in [3.63, 3.8) is 0 Å². The van der Waals surface area contributed by atoms with E-state index in [0.717, 1.165) is 50.8 Å². The molecule has 1 saturated carbocycles. The number of aryl methyl sites for hydroxylation is 1. The van der Waals surface area contributed by atoms with Gasteiger partial charge in [0.1, 0.15) is 46.6 Å². The molecule has 3 aromatic carbocycles. The third kappa shape index (κ3) is 15.8. The molecule has 2 amide bonds. The number of thiol groups is 1. The van der Waals surface area contributed by atoms with Crippen LogP contribution in [-0.2, 0) is 107 Å². The summed E-state index contributed by atoms with van der Waals surface area (Å²) in [5.41, 5.74) is -7.20. The number of sulfone groups is 1. The molecule has 3 heterocycles. The molecule has 0 bridgehead atoms. The first-order valence-electron chi connectivity index (χ1n) is 28.2. The predicted octanol–water partition coefficient (Wildman–Crippen LogP) is 12.4. The Bertz CT molecular complexity index is 4280. The first-order chi connectivity index (χ1) is 43.0. The van der Waals surface area contributed by atoms with Crippen molar-refractivity contribution in [1.29, 1.82) is 0 Å². The second-order valence-electron chi connectivity index (χ2n) is 23.2. The summed E-state index contributed by atoms with van der Waals surface area (Å²) >= 11 is 6.85. The van der Waals surface area contributed by atoms with Gasteiger partial charge in [0.15, 0.2) is 15.5 Å². The molecule has 93 heavy (non-hydrogen) atoms. The Kier molecular flexibility index (Phi) is 20.7. The zero-order chi connectivity index (χ0) is 69.1. The van der Waals surface area contributed by atoms with Gasteiger partial charge in [-0.2, -0.15) is 45.3 Å². The largest absolute Gasteiger partial charge is 0.530 e. The summed E-state index contributed by atoms with van der Waals surface area (Å²) in [6.45, 7) is 5.26. The minimum atomic E-state index is -5.25. The van der Waals surface area contributed by atoms with Crippen molar-refractivity contribution in [2.45, 2.75) is 134 Å². The number of pyridine rings is 1. The van der Waals surface area contributed by atoms with E-state index in [9.17, 15) is 61.9 Å². The number of benzene rings is 3. The number of carbonyl (C=O) groups excluding carboxylic acids is 2. The van der Waals surface area contributed by atoms with Gasteiger partial charge in [-0.1, -0.05) is 43.5 Å². The second-order valence-corrected chi connectivity index (χ2v) is 31.0. The molecule has 3 atom stereocenters. The minimum Gasteiger partial charge on any atom is -0.404 e. The van der Waals surface area contributed by atoms with Crippen LogP contribution < -0.4 is 9.84 Å². The average molecular weight is 1420 g/mol. The molecule has 35 heteroatoms. The quantitative estimate of drug-likeness (QED) is 0.0234. The highest BCUT2D eigenvalue weighted by Crippen LogP contribution is 2.68. The van der Waals surface area contributed by atoms with Crippen molar-refractivity contribution in [2.24, 2.45) is 5.92 Å².